The Labute approximate surface area is 298 Å². The molecule has 0 spiro atoms. The molecule has 11 rings (SSSR count). The van der Waals surface area contributed by atoms with Crippen LogP contribution in [0.1, 0.15) is 0 Å². The molecule has 0 unspecified atom stereocenters. The van der Waals surface area contributed by atoms with Crippen molar-refractivity contribution in [2.24, 2.45) is 0 Å². The average Bonchev–Trinajstić information content (AvgIpc) is 3.75. The summed E-state index contributed by atoms with van der Waals surface area (Å²) in [7, 11) is 0. The molecule has 2 nitrogen and oxygen atoms in total. The fourth-order valence-corrected chi connectivity index (χ4v) is 9.47. The summed E-state index contributed by atoms with van der Waals surface area (Å²) in [4.78, 5) is 2.51. The number of fused-ring (bicyclic) bond motifs is 11. The summed E-state index contributed by atoms with van der Waals surface area (Å²) in [6, 6.07) is 66.8. The quantitative estimate of drug-likeness (QED) is 0.170. The lowest BCUT2D eigenvalue weighted by Gasteiger charge is -2.28. The summed E-state index contributed by atoms with van der Waals surface area (Å²) in [5, 5.41) is 12.7. The van der Waals surface area contributed by atoms with Gasteiger partial charge in [0.25, 0.3) is 0 Å². The number of aromatic nitrogens is 1. The predicted octanol–water partition coefficient (Wildman–Crippen LogP) is 14.1. The molecule has 0 saturated carbocycles. The number of anilines is 3. The Hall–Kier alpha value is -6.42. The highest BCUT2D eigenvalue weighted by molar-refractivity contribution is 7.26. The van der Waals surface area contributed by atoms with E-state index in [0.717, 1.165) is 17.1 Å². The molecule has 238 valence electrons. The largest absolute Gasteiger partial charge is 0.308 e. The van der Waals surface area contributed by atoms with Crippen LogP contribution in [-0.4, -0.2) is 4.57 Å². The van der Waals surface area contributed by atoms with E-state index in [2.05, 4.69) is 191 Å². The molecule has 0 radical (unpaired) electrons. The summed E-state index contributed by atoms with van der Waals surface area (Å²) in [6.07, 6.45) is 0. The number of hydrogen-bond donors (Lipinski definition) is 0. The third-order valence-corrected chi connectivity index (χ3v) is 11.7. The number of nitrogens with zero attached hydrogens (tertiary/aromatic N) is 2. The number of rotatable bonds is 4. The van der Waals surface area contributed by atoms with Crippen molar-refractivity contribution in [2.75, 3.05) is 4.90 Å². The van der Waals surface area contributed by atoms with Crippen molar-refractivity contribution in [3.8, 4) is 5.69 Å². The van der Waals surface area contributed by atoms with Crippen LogP contribution in [0.2, 0.25) is 0 Å². The third kappa shape index (κ3) is 4.22. The molecule has 11 aromatic rings. The highest BCUT2D eigenvalue weighted by Gasteiger charge is 2.24. The molecule has 0 aliphatic carbocycles. The molecular weight excluding hydrogens is 637 g/mol. The lowest BCUT2D eigenvalue weighted by molar-refractivity contribution is 1.17. The molecule has 0 N–H and O–H groups in total. The summed E-state index contributed by atoms with van der Waals surface area (Å²) in [5.41, 5.74) is 6.97. The Balaban J connectivity index is 1.27. The summed E-state index contributed by atoms with van der Waals surface area (Å²) < 4.78 is 5.03. The Morgan fingerprint density at radius 3 is 1.94 bits per heavy atom. The van der Waals surface area contributed by atoms with E-state index in [4.69, 9.17) is 0 Å². The summed E-state index contributed by atoms with van der Waals surface area (Å²) in [6.45, 7) is 0. The van der Waals surface area contributed by atoms with Crippen LogP contribution in [0.4, 0.5) is 17.1 Å². The van der Waals surface area contributed by atoms with E-state index in [0.29, 0.717) is 0 Å². The molecule has 0 aliphatic heterocycles. The summed E-state index contributed by atoms with van der Waals surface area (Å²) >= 11 is 1.86. The first-order valence-electron chi connectivity index (χ1n) is 17.4. The fourth-order valence-electron chi connectivity index (χ4n) is 8.34. The van der Waals surface area contributed by atoms with Crippen molar-refractivity contribution in [3.05, 3.63) is 182 Å². The zero-order chi connectivity index (χ0) is 33.5. The van der Waals surface area contributed by atoms with Crippen LogP contribution in [0.5, 0.6) is 0 Å². The van der Waals surface area contributed by atoms with E-state index >= 15 is 0 Å². The van der Waals surface area contributed by atoms with Gasteiger partial charge in [-0.05, 0) is 86.9 Å². The standard InChI is InChI=1S/C48H30N2S/c1-2-13-34(14-3-1)50-41-19-8-6-16-38(41)39-18-10-21-43(48(39)50)49(42-20-11-23-45-47(42)40-17-7-9-22-44(40)51-45)35-28-29-37-33(30-35)27-26-32-25-24-31-12-4-5-15-36(31)46(32)37/h1-30H. The van der Waals surface area contributed by atoms with Crippen LogP contribution in [0.3, 0.4) is 0 Å². The first-order chi connectivity index (χ1) is 25.3. The molecule has 2 heterocycles. The van der Waals surface area contributed by atoms with Crippen molar-refractivity contribution in [1.29, 1.82) is 0 Å². The zero-order valence-corrected chi connectivity index (χ0v) is 28.4. The van der Waals surface area contributed by atoms with Crippen LogP contribution in [0, 0.1) is 0 Å². The Kier molecular flexibility index (Phi) is 6.16. The van der Waals surface area contributed by atoms with Gasteiger partial charge in [0, 0.05) is 42.3 Å². The van der Waals surface area contributed by atoms with Gasteiger partial charge in [0.05, 0.1) is 22.4 Å². The summed E-state index contributed by atoms with van der Waals surface area (Å²) in [5.74, 6) is 0. The predicted molar refractivity (Wildman–Crippen MR) is 221 cm³/mol. The van der Waals surface area contributed by atoms with Gasteiger partial charge in [-0.15, -0.1) is 11.3 Å². The van der Waals surface area contributed by atoms with E-state index in [9.17, 15) is 0 Å². The first-order valence-corrected chi connectivity index (χ1v) is 18.3. The van der Waals surface area contributed by atoms with Crippen molar-refractivity contribution in [3.63, 3.8) is 0 Å². The second kappa shape index (κ2) is 11.0. The third-order valence-electron chi connectivity index (χ3n) is 10.5. The highest BCUT2D eigenvalue weighted by Crippen LogP contribution is 2.48. The minimum Gasteiger partial charge on any atom is -0.308 e. The first kappa shape index (κ1) is 28.4. The number of para-hydroxylation sites is 3. The lowest BCUT2D eigenvalue weighted by Crippen LogP contribution is -2.12. The van der Waals surface area contributed by atoms with Gasteiger partial charge in [0.2, 0.25) is 0 Å². The molecule has 51 heavy (non-hydrogen) atoms. The number of thiophene rings is 1. The monoisotopic (exact) mass is 666 g/mol. The molecule has 2 aromatic heterocycles. The molecule has 0 bridgehead atoms. The van der Waals surface area contributed by atoms with E-state index in [1.54, 1.807) is 0 Å². The van der Waals surface area contributed by atoms with Crippen LogP contribution < -0.4 is 4.90 Å². The van der Waals surface area contributed by atoms with Gasteiger partial charge in [-0.3, -0.25) is 0 Å². The molecule has 0 atom stereocenters. The van der Waals surface area contributed by atoms with E-state index in [-0.39, 0.29) is 0 Å². The molecule has 0 saturated heterocycles. The number of hydrogen-bond acceptors (Lipinski definition) is 2. The molecule has 3 heteroatoms. The Morgan fingerprint density at radius 1 is 0.392 bits per heavy atom. The minimum atomic E-state index is 1.13. The lowest BCUT2D eigenvalue weighted by atomic mass is 9.96. The molecular formula is C48H30N2S. The molecule has 0 amide bonds. The smallest absolute Gasteiger partial charge is 0.0782 e. The van der Waals surface area contributed by atoms with Gasteiger partial charge in [-0.1, -0.05) is 127 Å². The van der Waals surface area contributed by atoms with Crippen molar-refractivity contribution in [2.45, 2.75) is 0 Å². The Bertz CT molecular complexity index is 3150. The van der Waals surface area contributed by atoms with Gasteiger partial charge < -0.3 is 9.47 Å². The topological polar surface area (TPSA) is 8.17 Å². The normalized spacial score (nSPS) is 11.9. The maximum atomic E-state index is 2.51. The molecule has 0 aliphatic rings. The van der Waals surface area contributed by atoms with Crippen LogP contribution in [-0.2, 0) is 0 Å². The SMILES string of the molecule is c1ccc(-n2c3ccccc3c3cccc(N(c4ccc5c(ccc6ccc7ccccc7c65)c4)c4cccc5sc6ccccc6c45)c32)cc1. The second-order valence-electron chi connectivity index (χ2n) is 13.3. The number of benzene rings is 9. The van der Waals surface area contributed by atoms with Crippen molar-refractivity contribution in [1.82, 2.24) is 4.57 Å². The van der Waals surface area contributed by atoms with Gasteiger partial charge >= 0.3 is 0 Å². The maximum Gasteiger partial charge on any atom is 0.0782 e. The zero-order valence-electron chi connectivity index (χ0n) is 27.6. The van der Waals surface area contributed by atoms with Gasteiger partial charge in [0.15, 0.2) is 0 Å². The van der Waals surface area contributed by atoms with Crippen LogP contribution >= 0.6 is 11.3 Å². The van der Waals surface area contributed by atoms with Crippen LogP contribution in [0.25, 0.3) is 80.0 Å². The average molecular weight is 667 g/mol. The van der Waals surface area contributed by atoms with E-state index in [1.165, 1.54) is 80.0 Å². The van der Waals surface area contributed by atoms with E-state index in [1.807, 2.05) is 11.3 Å². The van der Waals surface area contributed by atoms with Gasteiger partial charge in [-0.2, -0.15) is 0 Å². The minimum absolute atomic E-state index is 1.13. The van der Waals surface area contributed by atoms with Crippen molar-refractivity contribution >= 4 is 103 Å². The fraction of sp³-hybridized carbons (Fsp3) is 0. The van der Waals surface area contributed by atoms with Gasteiger partial charge in [0.1, 0.15) is 0 Å². The van der Waals surface area contributed by atoms with Crippen molar-refractivity contribution < 1.29 is 0 Å². The molecule has 0 fully saturated rings. The maximum absolute atomic E-state index is 2.51. The van der Waals surface area contributed by atoms with Crippen LogP contribution in [0.15, 0.2) is 182 Å². The van der Waals surface area contributed by atoms with Gasteiger partial charge in [-0.25, -0.2) is 0 Å². The second-order valence-corrected chi connectivity index (χ2v) is 14.4. The van der Waals surface area contributed by atoms with E-state index < -0.39 is 0 Å². The Morgan fingerprint density at radius 2 is 1.04 bits per heavy atom. The molecule has 9 aromatic carbocycles. The highest BCUT2D eigenvalue weighted by atomic mass is 32.1.